The maximum atomic E-state index is 5.54. The largest absolute Gasteiger partial charge is 0.349 e. The summed E-state index contributed by atoms with van der Waals surface area (Å²) in [6.07, 6.45) is 2.05. The summed E-state index contributed by atoms with van der Waals surface area (Å²) in [5.41, 5.74) is 0. The van der Waals surface area contributed by atoms with Crippen LogP contribution in [0.1, 0.15) is 12.8 Å². The molecule has 1 N–H and O–H groups in total. The van der Waals surface area contributed by atoms with Crippen molar-refractivity contribution in [2.75, 3.05) is 26.3 Å². The molecule has 3 nitrogen and oxygen atoms in total. The van der Waals surface area contributed by atoms with E-state index in [1.54, 1.807) is 0 Å². The average Bonchev–Trinajstić information content (AvgIpc) is 2.39. The lowest BCUT2D eigenvalue weighted by atomic mass is 10.2. The summed E-state index contributed by atoms with van der Waals surface area (Å²) in [6.45, 7) is 3.62. The monoisotopic (exact) mass is 179 g/mol. The highest BCUT2D eigenvalue weighted by Crippen LogP contribution is 2.24. The van der Waals surface area contributed by atoms with Crippen LogP contribution in [0.25, 0.3) is 0 Å². The average molecular weight is 180 g/mol. The van der Waals surface area contributed by atoms with Crippen LogP contribution in [0.15, 0.2) is 0 Å². The van der Waals surface area contributed by atoms with Gasteiger partial charge in [0.15, 0.2) is 5.79 Å². The zero-order chi connectivity index (χ0) is 6.86. The van der Waals surface area contributed by atoms with Crippen molar-refractivity contribution >= 4 is 12.4 Å². The number of nitrogens with one attached hydrogen (secondary N) is 1. The second kappa shape index (κ2) is 3.72. The summed E-state index contributed by atoms with van der Waals surface area (Å²) < 4.78 is 11.1. The van der Waals surface area contributed by atoms with Gasteiger partial charge in [0.1, 0.15) is 0 Å². The molecule has 0 amide bonds. The molecule has 4 heteroatoms. The zero-order valence-corrected chi connectivity index (χ0v) is 7.28. The van der Waals surface area contributed by atoms with Crippen molar-refractivity contribution in [2.24, 2.45) is 0 Å². The van der Waals surface area contributed by atoms with Gasteiger partial charge in [-0.2, -0.15) is 0 Å². The van der Waals surface area contributed by atoms with Gasteiger partial charge in [-0.15, -0.1) is 12.4 Å². The third kappa shape index (κ3) is 1.85. The molecule has 2 fully saturated rings. The van der Waals surface area contributed by atoms with Gasteiger partial charge in [0.05, 0.1) is 13.2 Å². The van der Waals surface area contributed by atoms with Crippen LogP contribution >= 0.6 is 12.4 Å². The fraction of sp³-hybridized carbons (Fsp3) is 1.00. The second-order valence-corrected chi connectivity index (χ2v) is 2.89. The molecule has 11 heavy (non-hydrogen) atoms. The first-order chi connectivity index (χ1) is 4.91. The smallest absolute Gasteiger partial charge is 0.181 e. The Morgan fingerprint density at radius 2 is 1.91 bits per heavy atom. The van der Waals surface area contributed by atoms with Gasteiger partial charge < -0.3 is 14.8 Å². The molecule has 2 aliphatic heterocycles. The topological polar surface area (TPSA) is 30.5 Å². The van der Waals surface area contributed by atoms with Crippen LogP contribution < -0.4 is 5.32 Å². The summed E-state index contributed by atoms with van der Waals surface area (Å²) >= 11 is 0. The Hall–Kier alpha value is 0.170. The van der Waals surface area contributed by atoms with E-state index in [2.05, 4.69) is 5.32 Å². The number of hydrogen-bond acceptors (Lipinski definition) is 3. The highest BCUT2D eigenvalue weighted by atomic mass is 35.5. The third-order valence-electron chi connectivity index (χ3n) is 2.10. The van der Waals surface area contributed by atoms with E-state index in [0.29, 0.717) is 0 Å². The Morgan fingerprint density at radius 1 is 1.18 bits per heavy atom. The minimum atomic E-state index is -0.238. The first-order valence-corrected chi connectivity index (χ1v) is 3.90. The van der Waals surface area contributed by atoms with Crippen molar-refractivity contribution in [2.45, 2.75) is 18.6 Å². The highest BCUT2D eigenvalue weighted by molar-refractivity contribution is 5.85. The Balaban J connectivity index is 0.000000605. The molecular weight excluding hydrogens is 166 g/mol. The minimum Gasteiger partial charge on any atom is -0.349 e. The lowest BCUT2D eigenvalue weighted by Crippen LogP contribution is -2.42. The number of hydrogen-bond donors (Lipinski definition) is 1. The molecule has 1 spiro atoms. The van der Waals surface area contributed by atoms with Gasteiger partial charge in [-0.3, -0.25) is 0 Å². The van der Waals surface area contributed by atoms with Gasteiger partial charge in [0, 0.05) is 19.5 Å². The molecule has 0 atom stereocenters. The molecule has 66 valence electrons. The number of rotatable bonds is 0. The fourth-order valence-electron chi connectivity index (χ4n) is 1.51. The Bertz CT molecular complexity index is 118. The molecule has 0 saturated carbocycles. The Morgan fingerprint density at radius 3 is 2.45 bits per heavy atom. The van der Waals surface area contributed by atoms with Gasteiger partial charge in [-0.1, -0.05) is 0 Å². The standard InChI is InChI=1S/C7H13NO2.ClH/c1-4-9-7(10-5-1)2-3-8-6-7;/h8H,1-6H2;1H. The van der Waals surface area contributed by atoms with Crippen LogP contribution in [0.3, 0.4) is 0 Å². The molecule has 0 aromatic heterocycles. The van der Waals surface area contributed by atoms with Crippen molar-refractivity contribution in [1.82, 2.24) is 5.32 Å². The van der Waals surface area contributed by atoms with Gasteiger partial charge >= 0.3 is 0 Å². The van der Waals surface area contributed by atoms with E-state index in [0.717, 1.165) is 39.1 Å². The second-order valence-electron chi connectivity index (χ2n) is 2.89. The molecular formula is C7H14ClNO2. The van der Waals surface area contributed by atoms with Gasteiger partial charge in [-0.05, 0) is 6.42 Å². The zero-order valence-electron chi connectivity index (χ0n) is 6.47. The lowest BCUT2D eigenvalue weighted by Gasteiger charge is -2.32. The first kappa shape index (κ1) is 9.26. The number of halogens is 1. The van der Waals surface area contributed by atoms with Crippen molar-refractivity contribution in [3.05, 3.63) is 0 Å². The van der Waals surface area contributed by atoms with E-state index in [-0.39, 0.29) is 18.2 Å². The normalized spacial score (nSPS) is 28.4. The predicted octanol–water partition coefficient (Wildman–Crippen LogP) is 0.535. The van der Waals surface area contributed by atoms with E-state index in [4.69, 9.17) is 9.47 Å². The SMILES string of the molecule is C1COC2(CCNC2)OC1.Cl. The van der Waals surface area contributed by atoms with Crippen molar-refractivity contribution < 1.29 is 9.47 Å². The summed E-state index contributed by atoms with van der Waals surface area (Å²) in [6, 6.07) is 0. The Kier molecular flexibility index (Phi) is 3.13. The maximum Gasteiger partial charge on any atom is 0.181 e. The molecule has 2 heterocycles. The maximum absolute atomic E-state index is 5.54. The molecule has 0 unspecified atom stereocenters. The quantitative estimate of drug-likeness (QED) is 0.589. The van der Waals surface area contributed by atoms with Crippen LogP contribution in [-0.2, 0) is 9.47 Å². The van der Waals surface area contributed by atoms with Crippen molar-refractivity contribution in [1.29, 1.82) is 0 Å². The molecule has 0 radical (unpaired) electrons. The predicted molar refractivity (Wildman–Crippen MR) is 44.0 cm³/mol. The van der Waals surface area contributed by atoms with E-state index in [1.807, 2.05) is 0 Å². The van der Waals surface area contributed by atoms with Gasteiger partial charge in [0.2, 0.25) is 0 Å². The molecule has 0 aliphatic carbocycles. The lowest BCUT2D eigenvalue weighted by molar-refractivity contribution is -0.253. The van der Waals surface area contributed by atoms with Crippen molar-refractivity contribution in [3.8, 4) is 0 Å². The van der Waals surface area contributed by atoms with E-state index in [9.17, 15) is 0 Å². The van der Waals surface area contributed by atoms with Crippen LogP contribution in [-0.4, -0.2) is 32.1 Å². The summed E-state index contributed by atoms with van der Waals surface area (Å²) in [5.74, 6) is -0.238. The molecule has 0 aromatic rings. The van der Waals surface area contributed by atoms with E-state index in [1.165, 1.54) is 0 Å². The molecule has 2 aliphatic rings. The summed E-state index contributed by atoms with van der Waals surface area (Å²) in [4.78, 5) is 0. The van der Waals surface area contributed by atoms with E-state index >= 15 is 0 Å². The summed E-state index contributed by atoms with van der Waals surface area (Å²) in [5, 5.41) is 3.23. The van der Waals surface area contributed by atoms with Crippen LogP contribution in [0.2, 0.25) is 0 Å². The number of ether oxygens (including phenoxy) is 2. The molecule has 2 rings (SSSR count). The first-order valence-electron chi connectivity index (χ1n) is 3.90. The molecule has 2 saturated heterocycles. The van der Waals surface area contributed by atoms with Gasteiger partial charge in [0.25, 0.3) is 0 Å². The minimum absolute atomic E-state index is 0. The highest BCUT2D eigenvalue weighted by Gasteiger charge is 2.37. The van der Waals surface area contributed by atoms with Crippen LogP contribution in [0, 0.1) is 0 Å². The van der Waals surface area contributed by atoms with Gasteiger partial charge in [-0.25, -0.2) is 0 Å². The van der Waals surface area contributed by atoms with E-state index < -0.39 is 0 Å². The molecule has 0 bridgehead atoms. The van der Waals surface area contributed by atoms with Crippen LogP contribution in [0.4, 0.5) is 0 Å². The van der Waals surface area contributed by atoms with Crippen molar-refractivity contribution in [3.63, 3.8) is 0 Å². The fourth-order valence-corrected chi connectivity index (χ4v) is 1.51. The summed E-state index contributed by atoms with van der Waals surface area (Å²) in [7, 11) is 0. The van der Waals surface area contributed by atoms with Crippen LogP contribution in [0.5, 0.6) is 0 Å². The molecule has 0 aromatic carbocycles. The third-order valence-corrected chi connectivity index (χ3v) is 2.10. The Labute approximate surface area is 72.8 Å².